The van der Waals surface area contributed by atoms with E-state index in [1.807, 2.05) is 30.3 Å². The van der Waals surface area contributed by atoms with Gasteiger partial charge in [-0.2, -0.15) is 0 Å². The highest BCUT2D eigenvalue weighted by molar-refractivity contribution is 7.99. The number of pyridine rings is 1. The van der Waals surface area contributed by atoms with Crippen molar-refractivity contribution in [3.8, 4) is 0 Å². The number of aromatic nitrogens is 1. The lowest BCUT2D eigenvalue weighted by molar-refractivity contribution is 0.102. The van der Waals surface area contributed by atoms with Crippen molar-refractivity contribution >= 4 is 35.0 Å². The van der Waals surface area contributed by atoms with Gasteiger partial charge in [0, 0.05) is 21.9 Å². The summed E-state index contributed by atoms with van der Waals surface area (Å²) in [4.78, 5) is 17.4. The van der Waals surface area contributed by atoms with Crippen LogP contribution in [0.1, 0.15) is 16.1 Å². The highest BCUT2D eigenvalue weighted by Gasteiger charge is 2.10. The number of benzene rings is 1. The molecule has 1 N–H and O–H groups in total. The fourth-order valence-electron chi connectivity index (χ4n) is 1.80. The smallest absolute Gasteiger partial charge is 0.255 e. The third-order valence-electron chi connectivity index (χ3n) is 2.68. The molecule has 0 spiro atoms. The van der Waals surface area contributed by atoms with Gasteiger partial charge in [0.25, 0.3) is 5.91 Å². The Balaban J connectivity index is 2.21. The van der Waals surface area contributed by atoms with Crippen LogP contribution in [0.25, 0.3) is 0 Å². The third-order valence-corrected chi connectivity index (χ3v) is 3.94. The van der Waals surface area contributed by atoms with Gasteiger partial charge in [-0.25, -0.2) is 4.98 Å². The minimum Gasteiger partial charge on any atom is -0.321 e. The van der Waals surface area contributed by atoms with Crippen LogP contribution in [0.2, 0.25) is 5.15 Å². The average Bonchev–Trinajstić information content (AvgIpc) is 2.45. The summed E-state index contributed by atoms with van der Waals surface area (Å²) in [5.41, 5.74) is 1.98. The van der Waals surface area contributed by atoms with Gasteiger partial charge in [-0.3, -0.25) is 4.79 Å². The van der Waals surface area contributed by atoms with Crippen LogP contribution in [0.3, 0.4) is 0 Å². The summed E-state index contributed by atoms with van der Waals surface area (Å²) in [6, 6.07) is 10.9. The molecule has 1 aromatic heterocycles. The Morgan fingerprint density at radius 1 is 1.43 bits per heavy atom. The highest BCUT2D eigenvalue weighted by atomic mass is 35.5. The third kappa shape index (κ3) is 4.34. The Hall–Kier alpha value is -1.78. The summed E-state index contributed by atoms with van der Waals surface area (Å²) >= 11 is 7.51. The maximum absolute atomic E-state index is 12.3. The molecule has 3 nitrogen and oxygen atoms in total. The van der Waals surface area contributed by atoms with Crippen molar-refractivity contribution in [1.29, 1.82) is 0 Å². The maximum atomic E-state index is 12.3. The van der Waals surface area contributed by atoms with Crippen LogP contribution in [-0.2, 0) is 0 Å². The fraction of sp³-hybridized carbons (Fsp3) is 0.125. The number of aryl methyl sites for hydroxylation is 1. The first-order chi connectivity index (χ1) is 10.1. The van der Waals surface area contributed by atoms with Gasteiger partial charge in [0.1, 0.15) is 5.15 Å². The lowest BCUT2D eigenvalue weighted by atomic mass is 10.2. The van der Waals surface area contributed by atoms with Gasteiger partial charge in [-0.1, -0.05) is 29.8 Å². The van der Waals surface area contributed by atoms with Crippen LogP contribution in [-0.4, -0.2) is 16.6 Å². The summed E-state index contributed by atoms with van der Waals surface area (Å²) in [6.07, 6.45) is 1.83. The minimum atomic E-state index is -0.200. The van der Waals surface area contributed by atoms with E-state index in [1.54, 1.807) is 30.8 Å². The summed E-state index contributed by atoms with van der Waals surface area (Å²) in [6.45, 7) is 5.51. The molecular weight excluding hydrogens is 304 g/mol. The molecule has 0 saturated carbocycles. The molecule has 1 aromatic carbocycles. The first-order valence-corrected chi connectivity index (χ1v) is 7.75. The van der Waals surface area contributed by atoms with Crippen molar-refractivity contribution in [3.05, 3.63) is 65.5 Å². The van der Waals surface area contributed by atoms with Gasteiger partial charge < -0.3 is 5.32 Å². The van der Waals surface area contributed by atoms with Gasteiger partial charge >= 0.3 is 0 Å². The zero-order valence-corrected chi connectivity index (χ0v) is 13.2. The molecule has 0 aliphatic heterocycles. The number of nitrogens with one attached hydrogen (secondary N) is 1. The molecule has 0 atom stereocenters. The van der Waals surface area contributed by atoms with Crippen molar-refractivity contribution in [2.75, 3.05) is 11.1 Å². The monoisotopic (exact) mass is 318 g/mol. The number of carbonyl (C=O) groups is 1. The van der Waals surface area contributed by atoms with Crippen molar-refractivity contribution in [2.24, 2.45) is 0 Å². The molecule has 1 heterocycles. The number of thioether (sulfide) groups is 1. The van der Waals surface area contributed by atoms with Crippen LogP contribution in [0.15, 0.2) is 53.9 Å². The van der Waals surface area contributed by atoms with E-state index < -0.39 is 0 Å². The predicted octanol–water partition coefficient (Wildman–Crippen LogP) is 4.57. The maximum Gasteiger partial charge on any atom is 0.255 e. The molecule has 2 rings (SSSR count). The molecule has 21 heavy (non-hydrogen) atoms. The Bertz CT molecular complexity index is 653. The van der Waals surface area contributed by atoms with Gasteiger partial charge in [0.05, 0.1) is 5.69 Å². The van der Waals surface area contributed by atoms with Crippen LogP contribution in [0, 0.1) is 6.92 Å². The molecule has 0 radical (unpaired) electrons. The van der Waals surface area contributed by atoms with E-state index in [9.17, 15) is 4.79 Å². The van der Waals surface area contributed by atoms with E-state index >= 15 is 0 Å². The van der Waals surface area contributed by atoms with Gasteiger partial charge in [-0.15, -0.1) is 18.3 Å². The van der Waals surface area contributed by atoms with E-state index in [0.29, 0.717) is 16.4 Å². The molecule has 2 aromatic rings. The molecule has 0 unspecified atom stereocenters. The largest absolute Gasteiger partial charge is 0.321 e. The van der Waals surface area contributed by atoms with Crippen molar-refractivity contribution in [2.45, 2.75) is 11.8 Å². The van der Waals surface area contributed by atoms with Crippen molar-refractivity contribution < 1.29 is 4.79 Å². The van der Waals surface area contributed by atoms with E-state index in [0.717, 1.165) is 16.3 Å². The van der Waals surface area contributed by atoms with Gasteiger partial charge in [0.2, 0.25) is 0 Å². The van der Waals surface area contributed by atoms with E-state index in [4.69, 9.17) is 11.6 Å². The number of nitrogens with zero attached hydrogens (tertiary/aromatic N) is 1. The average molecular weight is 319 g/mol. The van der Waals surface area contributed by atoms with Crippen LogP contribution >= 0.6 is 23.4 Å². The molecule has 0 saturated heterocycles. The van der Waals surface area contributed by atoms with Gasteiger partial charge in [-0.05, 0) is 31.2 Å². The van der Waals surface area contributed by atoms with E-state index in [-0.39, 0.29) is 5.91 Å². The van der Waals surface area contributed by atoms with Crippen molar-refractivity contribution in [3.63, 3.8) is 0 Å². The number of rotatable bonds is 5. The minimum absolute atomic E-state index is 0.200. The molecular formula is C16H15ClN2OS. The lowest BCUT2D eigenvalue weighted by Crippen LogP contribution is -2.13. The Morgan fingerprint density at radius 3 is 2.90 bits per heavy atom. The summed E-state index contributed by atoms with van der Waals surface area (Å²) < 4.78 is 0. The second-order valence-electron chi connectivity index (χ2n) is 4.37. The quantitative estimate of drug-likeness (QED) is 0.498. The number of anilines is 1. The van der Waals surface area contributed by atoms with Crippen LogP contribution in [0.4, 0.5) is 5.69 Å². The number of amides is 1. The normalized spacial score (nSPS) is 10.2. The van der Waals surface area contributed by atoms with Crippen LogP contribution < -0.4 is 5.32 Å². The number of para-hydroxylation sites is 1. The first kappa shape index (κ1) is 15.6. The Labute approximate surface area is 133 Å². The molecule has 1 amide bonds. The molecule has 0 aliphatic carbocycles. The SMILES string of the molecule is C=CCSc1ccccc1NC(=O)c1cc(C)nc(Cl)c1. The standard InChI is InChI=1S/C16H15ClN2OS/c1-3-8-21-14-7-5-4-6-13(14)19-16(20)12-9-11(2)18-15(17)10-12/h3-7,9-10H,1,8H2,2H3,(H,19,20). The summed E-state index contributed by atoms with van der Waals surface area (Å²) in [5, 5.41) is 3.22. The van der Waals surface area contributed by atoms with Gasteiger partial charge in [0.15, 0.2) is 0 Å². The second kappa shape index (κ2) is 7.29. The fourth-order valence-corrected chi connectivity index (χ4v) is 2.80. The number of carbonyl (C=O) groups excluding carboxylic acids is 1. The number of hydrogen-bond donors (Lipinski definition) is 1. The Morgan fingerprint density at radius 2 is 2.19 bits per heavy atom. The predicted molar refractivity (Wildman–Crippen MR) is 89.3 cm³/mol. The second-order valence-corrected chi connectivity index (χ2v) is 5.82. The zero-order chi connectivity index (χ0) is 15.2. The summed E-state index contributed by atoms with van der Waals surface area (Å²) in [7, 11) is 0. The Kier molecular flexibility index (Phi) is 5.42. The first-order valence-electron chi connectivity index (χ1n) is 6.38. The van der Waals surface area contributed by atoms with E-state index in [1.165, 1.54) is 0 Å². The zero-order valence-electron chi connectivity index (χ0n) is 11.6. The topological polar surface area (TPSA) is 42.0 Å². The molecule has 0 bridgehead atoms. The molecule has 0 aliphatic rings. The number of hydrogen-bond acceptors (Lipinski definition) is 3. The van der Waals surface area contributed by atoms with E-state index in [2.05, 4.69) is 16.9 Å². The highest BCUT2D eigenvalue weighted by Crippen LogP contribution is 2.27. The number of halogens is 1. The van der Waals surface area contributed by atoms with Crippen LogP contribution in [0.5, 0.6) is 0 Å². The summed E-state index contributed by atoms with van der Waals surface area (Å²) in [5.74, 6) is 0.585. The molecule has 0 fully saturated rings. The lowest BCUT2D eigenvalue weighted by Gasteiger charge is -2.10. The van der Waals surface area contributed by atoms with Crippen molar-refractivity contribution in [1.82, 2.24) is 4.98 Å². The molecule has 5 heteroatoms. The molecule has 108 valence electrons.